The molecule has 0 fully saturated rings. The van der Waals surface area contributed by atoms with E-state index in [1.165, 1.54) is 0 Å². The molecule has 0 aromatic carbocycles. The number of fused-ring (bicyclic) bond motifs is 1. The zero-order chi connectivity index (χ0) is 20.7. The molecule has 158 valence electrons. The zero-order valence-corrected chi connectivity index (χ0v) is 17.8. The second-order valence-electron chi connectivity index (χ2n) is 8.12. The number of nitrogens with one attached hydrogen (secondary N) is 1. The Kier molecular flexibility index (Phi) is 7.86. The fraction of sp³-hybridized carbons (Fsp3) is 0.750. The van der Waals surface area contributed by atoms with Crippen LogP contribution in [0.4, 0.5) is 4.79 Å². The van der Waals surface area contributed by atoms with Crippen LogP contribution in [-0.4, -0.2) is 58.6 Å². The lowest BCUT2D eigenvalue weighted by Gasteiger charge is -2.29. The first-order valence-corrected chi connectivity index (χ1v) is 10.1. The first-order valence-electron chi connectivity index (χ1n) is 10.1. The van der Waals surface area contributed by atoms with Crippen LogP contribution < -0.4 is 5.32 Å². The summed E-state index contributed by atoms with van der Waals surface area (Å²) in [5.74, 6) is -0.171. The van der Waals surface area contributed by atoms with Crippen LogP contribution in [0, 0.1) is 0 Å². The van der Waals surface area contributed by atoms with E-state index in [-0.39, 0.29) is 12.0 Å². The summed E-state index contributed by atoms with van der Waals surface area (Å²) in [6, 6.07) is 0. The second-order valence-corrected chi connectivity index (χ2v) is 8.12. The summed E-state index contributed by atoms with van der Waals surface area (Å²) < 4.78 is 12.6. The molecule has 2 rings (SSSR count). The fourth-order valence-corrected chi connectivity index (χ4v) is 3.08. The highest BCUT2D eigenvalue weighted by molar-refractivity contribution is 5.94. The van der Waals surface area contributed by atoms with Crippen LogP contribution >= 0.6 is 0 Å². The number of unbranched alkanes of at least 4 members (excludes halogenated alkanes) is 1. The van der Waals surface area contributed by atoms with Gasteiger partial charge >= 0.3 is 6.09 Å². The molecular formula is C20H34N4O4. The second kappa shape index (κ2) is 9.91. The Labute approximate surface area is 167 Å². The first kappa shape index (κ1) is 22.2. The van der Waals surface area contributed by atoms with Crippen molar-refractivity contribution in [3.05, 3.63) is 17.0 Å². The third-order valence-corrected chi connectivity index (χ3v) is 4.46. The molecular weight excluding hydrogens is 360 g/mol. The maximum atomic E-state index is 12.7. The largest absolute Gasteiger partial charge is 0.444 e. The number of hydrogen-bond donors (Lipinski definition) is 1. The molecule has 0 spiro atoms. The molecule has 0 aliphatic carbocycles. The Morgan fingerprint density at radius 3 is 2.61 bits per heavy atom. The van der Waals surface area contributed by atoms with Gasteiger partial charge < -0.3 is 19.7 Å². The number of amides is 2. The van der Waals surface area contributed by atoms with E-state index in [1.807, 2.05) is 20.8 Å². The Balaban J connectivity index is 1.94. The Hall–Kier alpha value is -2.09. The van der Waals surface area contributed by atoms with Crippen LogP contribution in [0.5, 0.6) is 0 Å². The van der Waals surface area contributed by atoms with Gasteiger partial charge in [-0.2, -0.15) is 5.10 Å². The summed E-state index contributed by atoms with van der Waals surface area (Å²) in [4.78, 5) is 26.7. The van der Waals surface area contributed by atoms with E-state index in [4.69, 9.17) is 9.47 Å². The van der Waals surface area contributed by atoms with Crippen molar-refractivity contribution in [2.24, 2.45) is 7.05 Å². The third-order valence-electron chi connectivity index (χ3n) is 4.46. The summed E-state index contributed by atoms with van der Waals surface area (Å²) in [5.41, 5.74) is 1.63. The highest BCUT2D eigenvalue weighted by Gasteiger charge is 2.31. The van der Waals surface area contributed by atoms with Crippen molar-refractivity contribution in [1.29, 1.82) is 0 Å². The number of hydrogen-bond acceptors (Lipinski definition) is 5. The van der Waals surface area contributed by atoms with Crippen molar-refractivity contribution in [3.8, 4) is 0 Å². The molecule has 8 heteroatoms. The van der Waals surface area contributed by atoms with Gasteiger partial charge in [0, 0.05) is 45.3 Å². The lowest BCUT2D eigenvalue weighted by Crippen LogP contribution is -2.40. The van der Waals surface area contributed by atoms with Gasteiger partial charge in [0.05, 0.1) is 12.2 Å². The van der Waals surface area contributed by atoms with Gasteiger partial charge in [0.15, 0.2) is 0 Å². The highest BCUT2D eigenvalue weighted by Crippen LogP contribution is 2.23. The minimum atomic E-state index is -0.550. The molecule has 0 bridgehead atoms. The number of aromatic nitrogens is 2. The SMILES string of the molecule is CCCCOCCCNC(=O)c1c2c(nn1C)CCN(C(=O)OC(C)(C)C)C2. The van der Waals surface area contributed by atoms with Crippen molar-refractivity contribution < 1.29 is 19.1 Å². The maximum absolute atomic E-state index is 12.7. The summed E-state index contributed by atoms with van der Waals surface area (Å²) >= 11 is 0. The number of ether oxygens (including phenoxy) is 2. The minimum Gasteiger partial charge on any atom is -0.444 e. The van der Waals surface area contributed by atoms with Gasteiger partial charge in [-0.15, -0.1) is 0 Å². The molecule has 1 aliphatic heterocycles. The molecule has 28 heavy (non-hydrogen) atoms. The van der Waals surface area contributed by atoms with E-state index in [1.54, 1.807) is 16.6 Å². The van der Waals surface area contributed by atoms with Crippen LogP contribution in [-0.2, 0) is 29.5 Å². The maximum Gasteiger partial charge on any atom is 0.410 e. The lowest BCUT2D eigenvalue weighted by molar-refractivity contribution is 0.0222. The van der Waals surface area contributed by atoms with E-state index in [2.05, 4.69) is 17.3 Å². The Morgan fingerprint density at radius 1 is 1.21 bits per heavy atom. The molecule has 0 atom stereocenters. The van der Waals surface area contributed by atoms with Crippen LogP contribution in [0.2, 0.25) is 0 Å². The van der Waals surface area contributed by atoms with E-state index >= 15 is 0 Å². The molecule has 1 aromatic rings. The molecule has 1 aromatic heterocycles. The summed E-state index contributed by atoms with van der Waals surface area (Å²) in [7, 11) is 1.76. The molecule has 0 saturated carbocycles. The normalized spacial score (nSPS) is 14.0. The average molecular weight is 395 g/mol. The Bertz CT molecular complexity index is 678. The molecule has 2 amide bonds. The number of aryl methyl sites for hydroxylation is 1. The predicted molar refractivity (Wildman–Crippen MR) is 106 cm³/mol. The quantitative estimate of drug-likeness (QED) is 0.685. The van der Waals surface area contributed by atoms with Crippen LogP contribution in [0.3, 0.4) is 0 Å². The van der Waals surface area contributed by atoms with Crippen LogP contribution in [0.25, 0.3) is 0 Å². The minimum absolute atomic E-state index is 0.171. The monoisotopic (exact) mass is 394 g/mol. The Morgan fingerprint density at radius 2 is 1.93 bits per heavy atom. The van der Waals surface area contributed by atoms with Gasteiger partial charge in [-0.25, -0.2) is 4.79 Å². The molecule has 0 saturated heterocycles. The molecule has 1 aliphatic rings. The van der Waals surface area contributed by atoms with Crippen molar-refractivity contribution in [3.63, 3.8) is 0 Å². The van der Waals surface area contributed by atoms with Gasteiger partial charge in [0.25, 0.3) is 5.91 Å². The van der Waals surface area contributed by atoms with Crippen LogP contribution in [0.1, 0.15) is 68.7 Å². The first-order chi connectivity index (χ1) is 13.2. The summed E-state index contributed by atoms with van der Waals surface area (Å²) in [6.07, 6.45) is 3.18. The molecule has 0 unspecified atom stereocenters. The average Bonchev–Trinajstić information content (AvgIpc) is 2.94. The van der Waals surface area contributed by atoms with E-state index in [0.29, 0.717) is 38.4 Å². The van der Waals surface area contributed by atoms with Gasteiger partial charge in [-0.3, -0.25) is 9.48 Å². The van der Waals surface area contributed by atoms with Crippen molar-refractivity contribution >= 4 is 12.0 Å². The van der Waals surface area contributed by atoms with E-state index in [9.17, 15) is 9.59 Å². The summed E-state index contributed by atoms with van der Waals surface area (Å²) in [6.45, 7) is 10.5. The third kappa shape index (κ3) is 6.22. The van der Waals surface area contributed by atoms with Gasteiger partial charge in [-0.05, 0) is 33.6 Å². The van der Waals surface area contributed by atoms with Crippen molar-refractivity contribution in [2.75, 3.05) is 26.3 Å². The van der Waals surface area contributed by atoms with E-state index in [0.717, 1.165) is 37.1 Å². The topological polar surface area (TPSA) is 85.7 Å². The molecule has 0 radical (unpaired) electrons. The molecule has 2 heterocycles. The number of nitrogens with zero attached hydrogens (tertiary/aromatic N) is 3. The number of carbonyl (C=O) groups excluding carboxylic acids is 2. The highest BCUT2D eigenvalue weighted by atomic mass is 16.6. The predicted octanol–water partition coefficient (Wildman–Crippen LogP) is 2.65. The van der Waals surface area contributed by atoms with Crippen molar-refractivity contribution in [1.82, 2.24) is 20.0 Å². The summed E-state index contributed by atoms with van der Waals surface area (Å²) in [5, 5.41) is 7.41. The van der Waals surface area contributed by atoms with Gasteiger partial charge in [-0.1, -0.05) is 13.3 Å². The van der Waals surface area contributed by atoms with Crippen LogP contribution in [0.15, 0.2) is 0 Å². The zero-order valence-electron chi connectivity index (χ0n) is 17.8. The fourth-order valence-electron chi connectivity index (χ4n) is 3.08. The number of carbonyl (C=O) groups is 2. The number of rotatable bonds is 8. The van der Waals surface area contributed by atoms with Gasteiger partial charge in [0.2, 0.25) is 0 Å². The molecule has 8 nitrogen and oxygen atoms in total. The molecule has 1 N–H and O–H groups in total. The van der Waals surface area contributed by atoms with Gasteiger partial charge in [0.1, 0.15) is 11.3 Å². The van der Waals surface area contributed by atoms with E-state index < -0.39 is 5.60 Å². The standard InChI is InChI=1S/C20H34N4O4/c1-6-7-12-27-13-8-10-21-18(25)17-15-14-24(19(26)28-20(2,3)4)11-9-16(15)22-23(17)5/h6-14H2,1-5H3,(H,21,25). The lowest BCUT2D eigenvalue weighted by atomic mass is 10.1. The van der Waals surface area contributed by atoms with Crippen molar-refractivity contribution in [2.45, 2.75) is 65.5 Å². The smallest absolute Gasteiger partial charge is 0.410 e.